The summed E-state index contributed by atoms with van der Waals surface area (Å²) in [5, 5.41) is 5.11. The van der Waals surface area contributed by atoms with E-state index >= 15 is 0 Å². The van der Waals surface area contributed by atoms with E-state index in [4.69, 9.17) is 9.47 Å². The molecule has 0 bridgehead atoms. The highest BCUT2D eigenvalue weighted by Gasteiger charge is 2.13. The van der Waals surface area contributed by atoms with Crippen LogP contribution >= 0.6 is 0 Å². The Kier molecular flexibility index (Phi) is 6.19. The molecule has 0 fully saturated rings. The number of carbonyl (C=O) groups excluding carboxylic acids is 2. The quantitative estimate of drug-likeness (QED) is 0.798. The first-order chi connectivity index (χ1) is 11.6. The number of anilines is 1. The van der Waals surface area contributed by atoms with E-state index in [1.165, 1.54) is 0 Å². The molecule has 0 aliphatic rings. The first-order valence-electron chi connectivity index (χ1n) is 7.57. The van der Waals surface area contributed by atoms with Crippen LogP contribution in [-0.2, 0) is 16.1 Å². The maximum absolute atomic E-state index is 11.9. The molecule has 0 radical (unpaired) electrons. The van der Waals surface area contributed by atoms with Crippen molar-refractivity contribution in [3.63, 3.8) is 0 Å². The molecule has 0 spiro atoms. The number of hydrogen-bond donors (Lipinski definition) is 2. The van der Waals surface area contributed by atoms with Crippen LogP contribution in [-0.4, -0.2) is 25.5 Å². The van der Waals surface area contributed by atoms with Gasteiger partial charge >= 0.3 is 11.8 Å². The maximum atomic E-state index is 11.9. The van der Waals surface area contributed by atoms with Gasteiger partial charge in [0.25, 0.3) is 0 Å². The van der Waals surface area contributed by atoms with Crippen LogP contribution in [0.15, 0.2) is 48.5 Å². The lowest BCUT2D eigenvalue weighted by Gasteiger charge is -2.08. The van der Waals surface area contributed by atoms with Gasteiger partial charge in [-0.15, -0.1) is 0 Å². The van der Waals surface area contributed by atoms with Crippen LogP contribution in [0.4, 0.5) is 5.69 Å². The van der Waals surface area contributed by atoms with Crippen LogP contribution in [0.25, 0.3) is 0 Å². The monoisotopic (exact) mass is 328 g/mol. The van der Waals surface area contributed by atoms with Crippen LogP contribution in [0.3, 0.4) is 0 Å². The number of hydrogen-bond acceptors (Lipinski definition) is 4. The zero-order valence-corrected chi connectivity index (χ0v) is 13.7. The molecule has 0 saturated carbocycles. The summed E-state index contributed by atoms with van der Waals surface area (Å²) in [7, 11) is 1.56. The van der Waals surface area contributed by atoms with Crippen molar-refractivity contribution in [2.75, 3.05) is 19.0 Å². The Morgan fingerprint density at radius 1 is 0.917 bits per heavy atom. The molecule has 0 aromatic heterocycles. The molecule has 0 saturated heterocycles. The minimum Gasteiger partial charge on any atom is -0.497 e. The fourth-order valence-corrected chi connectivity index (χ4v) is 2.00. The first-order valence-corrected chi connectivity index (χ1v) is 7.57. The average Bonchev–Trinajstić information content (AvgIpc) is 2.61. The SMILES string of the molecule is CCOc1ccc(CNC(=O)C(=O)Nc2ccc(OC)cc2)cc1. The number of ether oxygens (including phenoxy) is 2. The van der Waals surface area contributed by atoms with E-state index in [9.17, 15) is 9.59 Å². The topological polar surface area (TPSA) is 76.7 Å². The molecule has 126 valence electrons. The molecule has 0 aliphatic carbocycles. The fraction of sp³-hybridized carbons (Fsp3) is 0.222. The summed E-state index contributed by atoms with van der Waals surface area (Å²) in [4.78, 5) is 23.7. The van der Waals surface area contributed by atoms with E-state index in [0.717, 1.165) is 11.3 Å². The maximum Gasteiger partial charge on any atom is 0.313 e. The highest BCUT2D eigenvalue weighted by molar-refractivity contribution is 6.39. The van der Waals surface area contributed by atoms with Crippen LogP contribution in [0.5, 0.6) is 11.5 Å². The van der Waals surface area contributed by atoms with Crippen molar-refractivity contribution in [2.24, 2.45) is 0 Å². The molecule has 0 atom stereocenters. The normalized spacial score (nSPS) is 9.92. The molecule has 2 aromatic rings. The van der Waals surface area contributed by atoms with Gasteiger partial charge in [-0.3, -0.25) is 9.59 Å². The summed E-state index contributed by atoms with van der Waals surface area (Å²) in [5.41, 5.74) is 1.40. The highest BCUT2D eigenvalue weighted by atomic mass is 16.5. The van der Waals surface area contributed by atoms with Gasteiger partial charge in [-0.2, -0.15) is 0 Å². The van der Waals surface area contributed by atoms with Crippen LogP contribution in [0.1, 0.15) is 12.5 Å². The molecular formula is C18H20N2O4. The Morgan fingerprint density at radius 2 is 1.54 bits per heavy atom. The number of benzene rings is 2. The van der Waals surface area contributed by atoms with Crippen molar-refractivity contribution in [1.82, 2.24) is 5.32 Å². The van der Waals surface area contributed by atoms with Crippen molar-refractivity contribution in [3.05, 3.63) is 54.1 Å². The third kappa shape index (κ3) is 5.01. The molecule has 24 heavy (non-hydrogen) atoms. The summed E-state index contributed by atoms with van der Waals surface area (Å²) in [6, 6.07) is 14.1. The molecule has 2 rings (SSSR count). The molecule has 0 heterocycles. The van der Waals surface area contributed by atoms with Gasteiger partial charge in [0.2, 0.25) is 0 Å². The van der Waals surface area contributed by atoms with E-state index in [1.807, 2.05) is 31.2 Å². The third-order valence-corrected chi connectivity index (χ3v) is 3.24. The second-order valence-electron chi connectivity index (χ2n) is 4.94. The van der Waals surface area contributed by atoms with Gasteiger partial charge in [0.1, 0.15) is 11.5 Å². The van der Waals surface area contributed by atoms with Gasteiger partial charge in [0.15, 0.2) is 0 Å². The van der Waals surface area contributed by atoms with Gasteiger partial charge in [-0.1, -0.05) is 12.1 Å². The van der Waals surface area contributed by atoms with Gasteiger partial charge in [-0.05, 0) is 48.9 Å². The number of amides is 2. The predicted molar refractivity (Wildman–Crippen MR) is 91.1 cm³/mol. The number of methoxy groups -OCH3 is 1. The van der Waals surface area contributed by atoms with Crippen molar-refractivity contribution in [2.45, 2.75) is 13.5 Å². The smallest absolute Gasteiger partial charge is 0.313 e. The number of rotatable bonds is 6. The van der Waals surface area contributed by atoms with E-state index in [-0.39, 0.29) is 6.54 Å². The molecule has 2 amide bonds. The molecule has 6 nitrogen and oxygen atoms in total. The van der Waals surface area contributed by atoms with Crippen molar-refractivity contribution < 1.29 is 19.1 Å². The van der Waals surface area contributed by atoms with Crippen LogP contribution in [0, 0.1) is 0 Å². The summed E-state index contributed by atoms with van der Waals surface area (Å²) >= 11 is 0. The molecule has 6 heteroatoms. The second-order valence-corrected chi connectivity index (χ2v) is 4.94. The van der Waals surface area contributed by atoms with Crippen molar-refractivity contribution in [3.8, 4) is 11.5 Å². The van der Waals surface area contributed by atoms with Gasteiger partial charge in [0.05, 0.1) is 13.7 Å². The van der Waals surface area contributed by atoms with Crippen molar-refractivity contribution >= 4 is 17.5 Å². The molecule has 0 unspecified atom stereocenters. The first kappa shape index (κ1) is 17.3. The van der Waals surface area contributed by atoms with E-state index < -0.39 is 11.8 Å². The lowest BCUT2D eigenvalue weighted by molar-refractivity contribution is -0.136. The minimum atomic E-state index is -0.717. The second kappa shape index (κ2) is 8.57. The third-order valence-electron chi connectivity index (χ3n) is 3.24. The largest absolute Gasteiger partial charge is 0.497 e. The fourth-order valence-electron chi connectivity index (χ4n) is 2.00. The average molecular weight is 328 g/mol. The predicted octanol–water partition coefficient (Wildman–Crippen LogP) is 2.35. The van der Waals surface area contributed by atoms with Crippen LogP contribution < -0.4 is 20.1 Å². The standard InChI is InChI=1S/C18H20N2O4/c1-3-24-16-8-4-13(5-9-16)12-19-17(21)18(22)20-14-6-10-15(23-2)11-7-14/h4-11H,3,12H2,1-2H3,(H,19,21)(H,20,22). The molecule has 0 aliphatic heterocycles. The molecule has 2 N–H and O–H groups in total. The number of carbonyl (C=O) groups is 2. The summed E-state index contributed by atoms with van der Waals surface area (Å²) in [6.45, 7) is 2.78. The van der Waals surface area contributed by atoms with E-state index in [0.29, 0.717) is 18.0 Å². The van der Waals surface area contributed by atoms with Crippen molar-refractivity contribution in [1.29, 1.82) is 0 Å². The zero-order valence-electron chi connectivity index (χ0n) is 13.7. The Balaban J connectivity index is 1.83. The Morgan fingerprint density at radius 3 is 2.12 bits per heavy atom. The number of nitrogens with one attached hydrogen (secondary N) is 2. The van der Waals surface area contributed by atoms with Crippen LogP contribution in [0.2, 0.25) is 0 Å². The lowest BCUT2D eigenvalue weighted by Crippen LogP contribution is -2.34. The Bertz CT molecular complexity index is 681. The zero-order chi connectivity index (χ0) is 17.4. The highest BCUT2D eigenvalue weighted by Crippen LogP contribution is 2.15. The summed E-state index contributed by atoms with van der Waals surface area (Å²) in [5.74, 6) is 0.0311. The van der Waals surface area contributed by atoms with Gasteiger partial charge in [-0.25, -0.2) is 0 Å². The minimum absolute atomic E-state index is 0.265. The molecular weight excluding hydrogens is 308 g/mol. The van der Waals surface area contributed by atoms with E-state index in [1.54, 1.807) is 31.4 Å². The van der Waals surface area contributed by atoms with Gasteiger partial charge in [0, 0.05) is 12.2 Å². The lowest BCUT2D eigenvalue weighted by atomic mass is 10.2. The Hall–Kier alpha value is -3.02. The summed E-state index contributed by atoms with van der Waals surface area (Å²) < 4.78 is 10.4. The molecule has 2 aromatic carbocycles. The Labute approximate surface area is 140 Å². The summed E-state index contributed by atoms with van der Waals surface area (Å²) in [6.07, 6.45) is 0. The van der Waals surface area contributed by atoms with Gasteiger partial charge < -0.3 is 20.1 Å². The van der Waals surface area contributed by atoms with E-state index in [2.05, 4.69) is 10.6 Å².